The number of ether oxygens (including phenoxy) is 3. The number of amides is 1. The van der Waals surface area contributed by atoms with Gasteiger partial charge in [0.15, 0.2) is 11.5 Å². The Kier molecular flexibility index (Phi) is 6.25. The fourth-order valence-corrected chi connectivity index (χ4v) is 2.48. The molecule has 1 N–H and O–H groups in total. The maximum Gasteiger partial charge on any atom is 0.338 e. The molecule has 0 unspecified atom stereocenters. The Balaban J connectivity index is 2.24. The molecule has 0 aliphatic rings. The molecule has 0 fully saturated rings. The van der Waals surface area contributed by atoms with E-state index in [1.165, 1.54) is 32.4 Å². The van der Waals surface area contributed by atoms with Gasteiger partial charge in [0.2, 0.25) is 0 Å². The van der Waals surface area contributed by atoms with Crippen LogP contribution in [0.25, 0.3) is 0 Å². The van der Waals surface area contributed by atoms with Gasteiger partial charge in [-0.2, -0.15) is 0 Å². The monoisotopic (exact) mass is 363 g/mol. The van der Waals surface area contributed by atoms with Gasteiger partial charge in [0.1, 0.15) is 0 Å². The number of carbonyl (C=O) groups is 2. The van der Waals surface area contributed by atoms with Crippen LogP contribution in [0.1, 0.15) is 27.6 Å². The van der Waals surface area contributed by atoms with Crippen molar-refractivity contribution in [2.75, 3.05) is 26.1 Å². The minimum absolute atomic E-state index is 0.257. The van der Waals surface area contributed by atoms with E-state index < -0.39 is 11.9 Å². The molecule has 1 amide bonds. The number of esters is 1. The van der Waals surface area contributed by atoms with Gasteiger partial charge in [0.05, 0.1) is 31.4 Å². The summed E-state index contributed by atoms with van der Waals surface area (Å²) in [7, 11) is 2.92. The average molecular weight is 364 g/mol. The summed E-state index contributed by atoms with van der Waals surface area (Å²) >= 11 is 6.12. The first kappa shape index (κ1) is 18.6. The summed E-state index contributed by atoms with van der Waals surface area (Å²) in [4.78, 5) is 24.2. The Bertz CT molecular complexity index is 791. The van der Waals surface area contributed by atoms with E-state index in [9.17, 15) is 9.59 Å². The fraction of sp³-hybridized carbons (Fsp3) is 0.222. The predicted molar refractivity (Wildman–Crippen MR) is 94.9 cm³/mol. The van der Waals surface area contributed by atoms with E-state index in [4.69, 9.17) is 25.8 Å². The van der Waals surface area contributed by atoms with Crippen LogP contribution in [-0.4, -0.2) is 32.7 Å². The summed E-state index contributed by atoms with van der Waals surface area (Å²) in [5, 5.41) is 2.97. The summed E-state index contributed by atoms with van der Waals surface area (Å²) in [5.74, 6) is -0.151. The molecule has 0 aliphatic heterocycles. The molecule has 0 saturated carbocycles. The lowest BCUT2D eigenvalue weighted by Gasteiger charge is -2.12. The first-order valence-electron chi connectivity index (χ1n) is 7.50. The summed E-state index contributed by atoms with van der Waals surface area (Å²) in [6, 6.07) is 9.48. The van der Waals surface area contributed by atoms with Crippen LogP contribution in [0.3, 0.4) is 0 Å². The van der Waals surface area contributed by atoms with Crippen LogP contribution in [0.15, 0.2) is 36.4 Å². The van der Waals surface area contributed by atoms with Crippen LogP contribution in [0.4, 0.5) is 5.69 Å². The number of carbonyl (C=O) groups excluding carboxylic acids is 2. The molecule has 25 heavy (non-hydrogen) atoms. The molecular formula is C18H18ClNO5. The van der Waals surface area contributed by atoms with Crippen molar-refractivity contribution in [3.05, 3.63) is 52.5 Å². The van der Waals surface area contributed by atoms with Gasteiger partial charge in [-0.25, -0.2) is 4.79 Å². The third-order valence-corrected chi connectivity index (χ3v) is 3.61. The second-order valence-electron chi connectivity index (χ2n) is 4.95. The molecule has 0 radical (unpaired) electrons. The molecule has 0 atom stereocenters. The maximum absolute atomic E-state index is 12.5. The number of benzene rings is 2. The van der Waals surface area contributed by atoms with Gasteiger partial charge >= 0.3 is 5.97 Å². The molecular weight excluding hydrogens is 346 g/mol. The lowest BCUT2D eigenvalue weighted by Crippen LogP contribution is -2.13. The van der Waals surface area contributed by atoms with E-state index in [0.717, 1.165) is 0 Å². The van der Waals surface area contributed by atoms with Gasteiger partial charge < -0.3 is 19.5 Å². The molecule has 7 heteroatoms. The molecule has 2 rings (SSSR count). The lowest BCUT2D eigenvalue weighted by atomic mass is 10.1. The Hall–Kier alpha value is -2.73. The van der Waals surface area contributed by atoms with Gasteiger partial charge in [-0.3, -0.25) is 4.79 Å². The van der Waals surface area contributed by atoms with E-state index in [0.29, 0.717) is 28.3 Å². The first-order valence-corrected chi connectivity index (χ1v) is 7.88. The van der Waals surface area contributed by atoms with Crippen molar-refractivity contribution in [2.45, 2.75) is 6.92 Å². The number of hydrogen-bond acceptors (Lipinski definition) is 5. The van der Waals surface area contributed by atoms with Crippen molar-refractivity contribution >= 4 is 29.2 Å². The topological polar surface area (TPSA) is 73.9 Å². The number of methoxy groups -OCH3 is 2. The zero-order chi connectivity index (χ0) is 18.4. The van der Waals surface area contributed by atoms with Crippen molar-refractivity contribution in [1.82, 2.24) is 0 Å². The number of rotatable bonds is 6. The zero-order valence-electron chi connectivity index (χ0n) is 14.1. The molecule has 2 aromatic rings. The van der Waals surface area contributed by atoms with Gasteiger partial charge in [-0.05, 0) is 37.3 Å². The number of hydrogen-bond donors (Lipinski definition) is 1. The molecule has 0 aromatic heterocycles. The summed E-state index contributed by atoms with van der Waals surface area (Å²) in [6.45, 7) is 2.00. The Morgan fingerprint density at radius 2 is 1.84 bits per heavy atom. The summed E-state index contributed by atoms with van der Waals surface area (Å²) < 4.78 is 15.3. The maximum atomic E-state index is 12.5. The third-order valence-electron chi connectivity index (χ3n) is 3.33. The van der Waals surface area contributed by atoms with Crippen LogP contribution in [0, 0.1) is 0 Å². The molecule has 0 spiro atoms. The van der Waals surface area contributed by atoms with E-state index in [2.05, 4.69) is 5.32 Å². The fourth-order valence-electron chi connectivity index (χ4n) is 2.19. The minimum atomic E-state index is -0.451. The molecule has 0 aliphatic carbocycles. The largest absolute Gasteiger partial charge is 0.493 e. The van der Waals surface area contributed by atoms with Crippen LogP contribution in [0.2, 0.25) is 5.02 Å². The Labute approximate surface area is 150 Å². The third kappa shape index (κ3) is 4.42. The summed E-state index contributed by atoms with van der Waals surface area (Å²) in [5.41, 5.74) is 1.11. The van der Waals surface area contributed by atoms with Gasteiger partial charge in [0.25, 0.3) is 5.91 Å². The van der Waals surface area contributed by atoms with Gasteiger partial charge in [0, 0.05) is 11.3 Å². The van der Waals surface area contributed by atoms with Crippen molar-refractivity contribution in [3.63, 3.8) is 0 Å². The highest BCUT2D eigenvalue weighted by molar-refractivity contribution is 6.32. The first-order chi connectivity index (χ1) is 12.0. The van der Waals surface area contributed by atoms with Crippen LogP contribution in [0.5, 0.6) is 11.5 Å². The highest BCUT2D eigenvalue weighted by Crippen LogP contribution is 2.36. The highest BCUT2D eigenvalue weighted by atomic mass is 35.5. The number of halogens is 1. The molecule has 0 saturated heterocycles. The van der Waals surface area contributed by atoms with Crippen molar-refractivity contribution < 1.29 is 23.8 Å². The van der Waals surface area contributed by atoms with E-state index in [-0.39, 0.29) is 11.6 Å². The Morgan fingerprint density at radius 1 is 1.08 bits per heavy atom. The minimum Gasteiger partial charge on any atom is -0.493 e. The quantitative estimate of drug-likeness (QED) is 0.790. The molecule has 0 bridgehead atoms. The molecule has 132 valence electrons. The zero-order valence-corrected chi connectivity index (χ0v) is 14.8. The van der Waals surface area contributed by atoms with E-state index >= 15 is 0 Å². The SMILES string of the molecule is CCOC(=O)c1cccc(NC(=O)c2cc(Cl)c(OC)c(OC)c2)c1. The average Bonchev–Trinajstić information content (AvgIpc) is 2.61. The molecule has 6 nitrogen and oxygen atoms in total. The lowest BCUT2D eigenvalue weighted by molar-refractivity contribution is 0.0526. The standard InChI is InChI=1S/C18H18ClNO5/c1-4-25-18(22)11-6-5-7-13(8-11)20-17(21)12-9-14(19)16(24-3)15(10-12)23-2/h5-10H,4H2,1-3H3,(H,20,21). The predicted octanol–water partition coefficient (Wildman–Crippen LogP) is 3.79. The van der Waals surface area contributed by atoms with Gasteiger partial charge in [-0.15, -0.1) is 0 Å². The normalized spacial score (nSPS) is 10.1. The van der Waals surface area contributed by atoms with Crippen LogP contribution >= 0.6 is 11.6 Å². The number of anilines is 1. The second kappa shape index (κ2) is 8.39. The van der Waals surface area contributed by atoms with E-state index in [1.54, 1.807) is 25.1 Å². The highest BCUT2D eigenvalue weighted by Gasteiger charge is 2.16. The van der Waals surface area contributed by atoms with Crippen molar-refractivity contribution in [2.24, 2.45) is 0 Å². The van der Waals surface area contributed by atoms with Gasteiger partial charge in [-0.1, -0.05) is 17.7 Å². The van der Waals surface area contributed by atoms with E-state index in [1.807, 2.05) is 0 Å². The van der Waals surface area contributed by atoms with Crippen molar-refractivity contribution in [1.29, 1.82) is 0 Å². The van der Waals surface area contributed by atoms with Crippen LogP contribution in [-0.2, 0) is 4.74 Å². The van der Waals surface area contributed by atoms with Crippen molar-refractivity contribution in [3.8, 4) is 11.5 Å². The number of nitrogens with one attached hydrogen (secondary N) is 1. The van der Waals surface area contributed by atoms with Crippen LogP contribution < -0.4 is 14.8 Å². The molecule has 2 aromatic carbocycles. The smallest absolute Gasteiger partial charge is 0.338 e. The summed E-state index contributed by atoms with van der Waals surface area (Å²) in [6.07, 6.45) is 0. The Morgan fingerprint density at radius 3 is 2.48 bits per heavy atom. The second-order valence-corrected chi connectivity index (χ2v) is 5.36. The molecule has 0 heterocycles.